The van der Waals surface area contributed by atoms with Gasteiger partial charge in [0, 0.05) is 19.6 Å². The van der Waals surface area contributed by atoms with E-state index >= 15 is 0 Å². The Bertz CT molecular complexity index is 298. The Morgan fingerprint density at radius 3 is 2.71 bits per heavy atom. The van der Waals surface area contributed by atoms with E-state index < -0.39 is 0 Å². The van der Waals surface area contributed by atoms with Crippen molar-refractivity contribution in [1.29, 1.82) is 0 Å². The van der Waals surface area contributed by atoms with Crippen molar-refractivity contribution in [3.8, 4) is 0 Å². The number of ether oxygens (including phenoxy) is 2. The molecule has 1 rings (SSSR count). The topological polar surface area (TPSA) is 35.5 Å². The van der Waals surface area contributed by atoms with E-state index in [0.717, 1.165) is 19.4 Å². The lowest BCUT2D eigenvalue weighted by molar-refractivity contribution is -0.129. The van der Waals surface area contributed by atoms with Gasteiger partial charge < -0.3 is 9.47 Å². The summed E-state index contributed by atoms with van der Waals surface area (Å²) in [6.07, 6.45) is 1.79. The first-order valence-corrected chi connectivity index (χ1v) is 6.00. The maximum Gasteiger partial charge on any atom is 0.293 e. The summed E-state index contributed by atoms with van der Waals surface area (Å²) in [6.45, 7) is 4.48. The Morgan fingerprint density at radius 2 is 2.00 bits per heavy atom. The van der Waals surface area contributed by atoms with Crippen LogP contribution in [0.3, 0.4) is 0 Å². The third kappa shape index (κ3) is 6.74. The summed E-state index contributed by atoms with van der Waals surface area (Å²) in [6, 6.07) is 10.4. The molecule has 0 N–H and O–H groups in total. The maximum atomic E-state index is 9.89. The summed E-state index contributed by atoms with van der Waals surface area (Å²) < 4.78 is 10.1. The Morgan fingerprint density at radius 1 is 1.24 bits per heavy atom. The molecule has 0 bridgehead atoms. The first-order valence-electron chi connectivity index (χ1n) is 6.00. The van der Waals surface area contributed by atoms with Crippen molar-refractivity contribution in [2.75, 3.05) is 19.8 Å². The first kappa shape index (κ1) is 13.7. The minimum atomic E-state index is 0.441. The van der Waals surface area contributed by atoms with Crippen LogP contribution in [0.1, 0.15) is 18.9 Å². The molecular formula is C14H20O3. The average Bonchev–Trinajstić information content (AvgIpc) is 2.35. The van der Waals surface area contributed by atoms with E-state index in [2.05, 4.69) is 35.9 Å². The number of hydrogen-bond donors (Lipinski definition) is 0. The van der Waals surface area contributed by atoms with Gasteiger partial charge in [0.05, 0.1) is 6.61 Å². The summed E-state index contributed by atoms with van der Waals surface area (Å²) in [7, 11) is 0. The fourth-order valence-electron chi connectivity index (χ4n) is 1.65. The van der Waals surface area contributed by atoms with Gasteiger partial charge in [-0.05, 0) is 17.9 Å². The Labute approximate surface area is 103 Å². The van der Waals surface area contributed by atoms with Gasteiger partial charge in [0.15, 0.2) is 0 Å². The van der Waals surface area contributed by atoms with Crippen LogP contribution < -0.4 is 0 Å². The third-order valence-corrected chi connectivity index (χ3v) is 2.45. The Hall–Kier alpha value is -1.35. The molecule has 0 radical (unpaired) electrons. The number of carbonyl (C=O) groups excluding carboxylic acids is 1. The van der Waals surface area contributed by atoms with Crippen molar-refractivity contribution in [2.45, 2.75) is 19.8 Å². The zero-order valence-corrected chi connectivity index (χ0v) is 10.3. The third-order valence-electron chi connectivity index (χ3n) is 2.45. The quantitative estimate of drug-likeness (QED) is 0.488. The number of hydrogen-bond acceptors (Lipinski definition) is 3. The van der Waals surface area contributed by atoms with Gasteiger partial charge in [0.25, 0.3) is 6.47 Å². The number of benzene rings is 1. The summed E-state index contributed by atoms with van der Waals surface area (Å²) >= 11 is 0. The average molecular weight is 236 g/mol. The summed E-state index contributed by atoms with van der Waals surface area (Å²) in [5, 5.41) is 0. The minimum absolute atomic E-state index is 0.441. The van der Waals surface area contributed by atoms with Crippen LogP contribution in [0.2, 0.25) is 0 Å². The van der Waals surface area contributed by atoms with E-state index in [1.165, 1.54) is 5.56 Å². The van der Waals surface area contributed by atoms with Gasteiger partial charge >= 0.3 is 0 Å². The first-order chi connectivity index (χ1) is 8.33. The Balaban J connectivity index is 2.05. The van der Waals surface area contributed by atoms with Crippen LogP contribution in [0.5, 0.6) is 0 Å². The molecule has 0 fully saturated rings. The van der Waals surface area contributed by atoms with E-state index in [1.54, 1.807) is 0 Å². The van der Waals surface area contributed by atoms with Crippen molar-refractivity contribution in [3.63, 3.8) is 0 Å². The molecular weight excluding hydrogens is 216 g/mol. The molecule has 0 heterocycles. The van der Waals surface area contributed by atoms with Crippen LogP contribution in [0.4, 0.5) is 0 Å². The van der Waals surface area contributed by atoms with Crippen LogP contribution in [-0.4, -0.2) is 26.3 Å². The van der Waals surface area contributed by atoms with Gasteiger partial charge in [-0.15, -0.1) is 0 Å². The van der Waals surface area contributed by atoms with Gasteiger partial charge in [-0.25, -0.2) is 0 Å². The highest BCUT2D eigenvalue weighted by atomic mass is 16.5. The molecule has 0 saturated heterocycles. The zero-order chi connectivity index (χ0) is 12.3. The second-order valence-corrected chi connectivity index (χ2v) is 4.19. The highest BCUT2D eigenvalue weighted by molar-refractivity contribution is 5.36. The predicted octanol–water partition coefficient (Wildman–Crippen LogP) is 2.44. The smallest absolute Gasteiger partial charge is 0.293 e. The highest BCUT2D eigenvalue weighted by Gasteiger charge is 2.03. The molecule has 0 saturated carbocycles. The number of rotatable bonds is 9. The lowest BCUT2D eigenvalue weighted by atomic mass is 10.0. The largest absolute Gasteiger partial charge is 0.468 e. The van der Waals surface area contributed by atoms with Gasteiger partial charge in [0.2, 0.25) is 0 Å². The lowest BCUT2D eigenvalue weighted by Crippen LogP contribution is -2.10. The second-order valence-electron chi connectivity index (χ2n) is 4.19. The normalized spacial score (nSPS) is 12.1. The summed E-state index contributed by atoms with van der Waals surface area (Å²) in [4.78, 5) is 9.89. The lowest BCUT2D eigenvalue weighted by Gasteiger charge is -2.11. The summed E-state index contributed by atoms with van der Waals surface area (Å²) in [5.41, 5.74) is 1.34. The van der Waals surface area contributed by atoms with Crippen LogP contribution >= 0.6 is 0 Å². The van der Waals surface area contributed by atoms with Crippen molar-refractivity contribution < 1.29 is 14.3 Å². The van der Waals surface area contributed by atoms with E-state index in [0.29, 0.717) is 25.6 Å². The monoisotopic (exact) mass is 236 g/mol. The van der Waals surface area contributed by atoms with Crippen LogP contribution in [0.25, 0.3) is 0 Å². The SMILES string of the molecule is CC(COCCCOC=O)Cc1ccccc1. The van der Waals surface area contributed by atoms with Gasteiger partial charge in [-0.3, -0.25) is 4.79 Å². The van der Waals surface area contributed by atoms with E-state index in [9.17, 15) is 4.79 Å². The van der Waals surface area contributed by atoms with Crippen molar-refractivity contribution in [2.24, 2.45) is 5.92 Å². The van der Waals surface area contributed by atoms with Gasteiger partial charge in [0.1, 0.15) is 0 Å². The van der Waals surface area contributed by atoms with Gasteiger partial charge in [-0.2, -0.15) is 0 Å². The number of carbonyl (C=O) groups is 1. The molecule has 0 aromatic heterocycles. The molecule has 0 aliphatic heterocycles. The standard InChI is InChI=1S/C14H20O3/c1-13(10-14-6-3-2-4-7-14)11-16-8-5-9-17-12-15/h2-4,6-7,12-13H,5,8-11H2,1H3. The predicted molar refractivity (Wildman–Crippen MR) is 66.8 cm³/mol. The molecule has 1 unspecified atom stereocenters. The Kier molecular flexibility index (Phi) is 7.07. The maximum absolute atomic E-state index is 9.89. The molecule has 94 valence electrons. The highest BCUT2D eigenvalue weighted by Crippen LogP contribution is 2.08. The molecule has 0 amide bonds. The van der Waals surface area contributed by atoms with E-state index in [1.807, 2.05) is 6.07 Å². The summed E-state index contributed by atoms with van der Waals surface area (Å²) in [5.74, 6) is 0.504. The molecule has 0 aliphatic rings. The molecule has 17 heavy (non-hydrogen) atoms. The fourth-order valence-corrected chi connectivity index (χ4v) is 1.65. The van der Waals surface area contributed by atoms with Crippen molar-refractivity contribution >= 4 is 6.47 Å². The van der Waals surface area contributed by atoms with Crippen molar-refractivity contribution in [1.82, 2.24) is 0 Å². The zero-order valence-electron chi connectivity index (χ0n) is 10.3. The second kappa shape index (κ2) is 8.76. The van der Waals surface area contributed by atoms with Gasteiger partial charge in [-0.1, -0.05) is 37.3 Å². The molecule has 0 aliphatic carbocycles. The van der Waals surface area contributed by atoms with Crippen molar-refractivity contribution in [3.05, 3.63) is 35.9 Å². The molecule has 3 nitrogen and oxygen atoms in total. The fraction of sp³-hybridized carbons (Fsp3) is 0.500. The van der Waals surface area contributed by atoms with Crippen LogP contribution in [-0.2, 0) is 20.7 Å². The molecule has 1 atom stereocenters. The molecule has 1 aromatic rings. The molecule has 0 spiro atoms. The van der Waals surface area contributed by atoms with E-state index in [4.69, 9.17) is 4.74 Å². The minimum Gasteiger partial charge on any atom is -0.468 e. The van der Waals surface area contributed by atoms with Crippen LogP contribution in [0, 0.1) is 5.92 Å². The van der Waals surface area contributed by atoms with Crippen LogP contribution in [0.15, 0.2) is 30.3 Å². The molecule has 1 aromatic carbocycles. The van der Waals surface area contributed by atoms with E-state index in [-0.39, 0.29) is 0 Å². The molecule has 3 heteroatoms.